The smallest absolute Gasteiger partial charge is 0.276 e. The molecule has 0 aromatic heterocycles. The Kier molecular flexibility index (Phi) is 9.56. The van der Waals surface area contributed by atoms with Crippen molar-refractivity contribution in [2.45, 2.75) is 26.7 Å². The number of aryl methyl sites for hydroxylation is 1. The van der Waals surface area contributed by atoms with Crippen molar-refractivity contribution in [1.29, 1.82) is 0 Å². The molecule has 0 saturated heterocycles. The van der Waals surface area contributed by atoms with E-state index in [0.717, 1.165) is 22.9 Å². The minimum atomic E-state index is -0.446. The van der Waals surface area contributed by atoms with Crippen LogP contribution in [-0.4, -0.2) is 30.1 Å². The summed E-state index contributed by atoms with van der Waals surface area (Å²) in [5.41, 5.74) is 6.25. The summed E-state index contributed by atoms with van der Waals surface area (Å²) in [5, 5.41) is 2.46. The van der Waals surface area contributed by atoms with Crippen molar-refractivity contribution >= 4 is 45.1 Å². The van der Waals surface area contributed by atoms with Gasteiger partial charge in [-0.1, -0.05) is 35.3 Å². The van der Waals surface area contributed by atoms with E-state index in [0.29, 0.717) is 23.7 Å². The van der Waals surface area contributed by atoms with E-state index in [1.54, 1.807) is 30.3 Å². The molecule has 0 heterocycles. The molecule has 0 aliphatic heterocycles. The Morgan fingerprint density at radius 2 is 1.83 bits per heavy atom. The van der Waals surface area contributed by atoms with Crippen LogP contribution in [0, 0.1) is 6.92 Å². The maximum atomic E-state index is 12.3. The topological polar surface area (TPSA) is 88.7 Å². The van der Waals surface area contributed by atoms with Crippen LogP contribution in [0.1, 0.15) is 35.7 Å². The minimum absolute atomic E-state index is 0.0369. The van der Waals surface area contributed by atoms with Crippen molar-refractivity contribution in [1.82, 2.24) is 16.2 Å². The minimum Gasteiger partial charge on any atom is -0.494 e. The van der Waals surface area contributed by atoms with Gasteiger partial charge in [0.15, 0.2) is 11.7 Å². The maximum Gasteiger partial charge on any atom is 0.276 e. The number of hydrogen-bond acceptors (Lipinski definition) is 5. The van der Waals surface area contributed by atoms with E-state index in [-0.39, 0.29) is 11.7 Å². The van der Waals surface area contributed by atoms with E-state index in [4.69, 9.17) is 21.7 Å². The Hall–Kier alpha value is -2.65. The molecule has 160 valence electrons. The molecule has 0 spiro atoms. The fourth-order valence-electron chi connectivity index (χ4n) is 2.29. The lowest BCUT2D eigenvalue weighted by molar-refractivity contribution is -0.123. The standard InChI is InChI=1S/C21H24BrN3O4S/c1-3-4-10-28-16-7-5-6-15(12-16)20(27)23-21(30)25-24-19(26)13-29-17-8-9-18(22)14(2)11-17/h5-9,11-12H,3-4,10,13H2,1-2H3,(H,24,26)(H2,23,25,27,30). The zero-order chi connectivity index (χ0) is 21.9. The van der Waals surface area contributed by atoms with E-state index in [2.05, 4.69) is 39.0 Å². The van der Waals surface area contributed by atoms with Crippen molar-refractivity contribution in [3.05, 3.63) is 58.1 Å². The molecule has 2 aromatic carbocycles. The number of carbonyl (C=O) groups is 2. The first-order valence-electron chi connectivity index (χ1n) is 9.41. The Morgan fingerprint density at radius 1 is 1.07 bits per heavy atom. The molecule has 3 N–H and O–H groups in total. The van der Waals surface area contributed by atoms with Crippen LogP contribution in [0.15, 0.2) is 46.9 Å². The molecule has 0 bridgehead atoms. The second-order valence-corrected chi connectivity index (χ2v) is 7.65. The first-order chi connectivity index (χ1) is 14.4. The summed E-state index contributed by atoms with van der Waals surface area (Å²) in [6.45, 7) is 4.39. The Balaban J connectivity index is 1.75. The average Bonchev–Trinajstić information content (AvgIpc) is 2.73. The zero-order valence-electron chi connectivity index (χ0n) is 16.8. The van der Waals surface area contributed by atoms with Crippen LogP contribution in [0.5, 0.6) is 11.5 Å². The van der Waals surface area contributed by atoms with Crippen molar-refractivity contribution in [2.75, 3.05) is 13.2 Å². The molecule has 0 radical (unpaired) electrons. The van der Waals surface area contributed by atoms with Crippen molar-refractivity contribution < 1.29 is 19.1 Å². The first-order valence-corrected chi connectivity index (χ1v) is 10.6. The highest BCUT2D eigenvalue weighted by molar-refractivity contribution is 9.10. The lowest BCUT2D eigenvalue weighted by Crippen LogP contribution is -2.49. The second-order valence-electron chi connectivity index (χ2n) is 6.39. The normalized spacial score (nSPS) is 10.1. The Bertz CT molecular complexity index is 908. The van der Waals surface area contributed by atoms with E-state index in [1.165, 1.54) is 0 Å². The van der Waals surface area contributed by atoms with Crippen LogP contribution >= 0.6 is 28.1 Å². The molecule has 2 rings (SSSR count). The average molecular weight is 494 g/mol. The fraction of sp³-hybridized carbons (Fsp3) is 0.286. The zero-order valence-corrected chi connectivity index (χ0v) is 19.2. The molecule has 9 heteroatoms. The summed E-state index contributed by atoms with van der Waals surface area (Å²) < 4.78 is 12.0. The third-order valence-corrected chi connectivity index (χ3v) is 5.00. The number of thiocarbonyl (C=S) groups is 1. The summed E-state index contributed by atoms with van der Waals surface area (Å²) in [7, 11) is 0. The monoisotopic (exact) mass is 493 g/mol. The van der Waals surface area contributed by atoms with Gasteiger partial charge in [0.2, 0.25) is 0 Å². The van der Waals surface area contributed by atoms with Crippen LogP contribution in [0.25, 0.3) is 0 Å². The SMILES string of the molecule is CCCCOc1cccc(C(=O)NC(=S)NNC(=O)COc2ccc(Br)c(C)c2)c1. The van der Waals surface area contributed by atoms with E-state index in [1.807, 2.05) is 19.1 Å². The fourth-order valence-corrected chi connectivity index (χ4v) is 2.68. The van der Waals surface area contributed by atoms with E-state index < -0.39 is 11.8 Å². The Labute approximate surface area is 189 Å². The molecule has 0 aliphatic carbocycles. The highest BCUT2D eigenvalue weighted by atomic mass is 79.9. The number of hydrogen-bond donors (Lipinski definition) is 3. The number of amides is 2. The van der Waals surface area contributed by atoms with E-state index >= 15 is 0 Å². The van der Waals surface area contributed by atoms with Gasteiger partial charge in [0.05, 0.1) is 6.61 Å². The van der Waals surface area contributed by atoms with Gasteiger partial charge in [-0.15, -0.1) is 0 Å². The highest BCUT2D eigenvalue weighted by Crippen LogP contribution is 2.21. The summed E-state index contributed by atoms with van der Waals surface area (Å²) in [6, 6.07) is 12.2. The van der Waals surface area contributed by atoms with Crippen LogP contribution in [-0.2, 0) is 4.79 Å². The quantitative estimate of drug-likeness (QED) is 0.295. The molecular weight excluding hydrogens is 470 g/mol. The predicted molar refractivity (Wildman–Crippen MR) is 123 cm³/mol. The van der Waals surface area contributed by atoms with E-state index in [9.17, 15) is 9.59 Å². The first kappa shape index (κ1) is 23.6. The van der Waals surface area contributed by atoms with Crippen LogP contribution < -0.4 is 25.6 Å². The molecule has 2 aromatic rings. The summed E-state index contributed by atoms with van der Waals surface area (Å²) in [4.78, 5) is 24.2. The van der Waals surface area contributed by atoms with Gasteiger partial charge < -0.3 is 9.47 Å². The number of unbranched alkanes of at least 4 members (excludes halogenated alkanes) is 1. The third kappa shape index (κ3) is 8.00. The van der Waals surface area contributed by atoms with Crippen LogP contribution in [0.4, 0.5) is 0 Å². The number of benzene rings is 2. The predicted octanol–water partition coefficient (Wildman–Crippen LogP) is 3.65. The molecule has 0 unspecified atom stereocenters. The van der Waals surface area contributed by atoms with Crippen molar-refractivity contribution in [3.8, 4) is 11.5 Å². The summed E-state index contributed by atoms with van der Waals surface area (Å²) >= 11 is 8.44. The van der Waals surface area contributed by atoms with Crippen LogP contribution in [0.2, 0.25) is 0 Å². The van der Waals surface area contributed by atoms with Gasteiger partial charge in [0, 0.05) is 10.0 Å². The molecule has 7 nitrogen and oxygen atoms in total. The number of hydrazine groups is 1. The van der Waals surface area contributed by atoms with Gasteiger partial charge >= 0.3 is 0 Å². The lowest BCUT2D eigenvalue weighted by atomic mass is 10.2. The van der Waals surface area contributed by atoms with Gasteiger partial charge in [0.25, 0.3) is 11.8 Å². The molecule has 0 saturated carbocycles. The summed E-state index contributed by atoms with van der Waals surface area (Å²) in [6.07, 6.45) is 1.97. The molecular formula is C21H24BrN3O4S. The number of carbonyl (C=O) groups excluding carboxylic acids is 2. The number of halogens is 1. The van der Waals surface area contributed by atoms with Gasteiger partial charge in [-0.2, -0.15) is 0 Å². The molecule has 2 amide bonds. The van der Waals surface area contributed by atoms with Gasteiger partial charge in [-0.3, -0.25) is 25.8 Å². The maximum absolute atomic E-state index is 12.3. The van der Waals surface area contributed by atoms with Crippen molar-refractivity contribution in [2.24, 2.45) is 0 Å². The molecule has 0 atom stereocenters. The number of nitrogens with one attached hydrogen (secondary N) is 3. The molecule has 0 fully saturated rings. The Morgan fingerprint density at radius 3 is 2.57 bits per heavy atom. The molecule has 30 heavy (non-hydrogen) atoms. The largest absolute Gasteiger partial charge is 0.494 e. The highest BCUT2D eigenvalue weighted by Gasteiger charge is 2.10. The van der Waals surface area contributed by atoms with Gasteiger partial charge in [-0.05, 0) is 67.5 Å². The van der Waals surface area contributed by atoms with Crippen molar-refractivity contribution in [3.63, 3.8) is 0 Å². The number of ether oxygens (including phenoxy) is 2. The second kappa shape index (κ2) is 12.1. The van der Waals surface area contributed by atoms with Gasteiger partial charge in [-0.25, -0.2) is 0 Å². The van der Waals surface area contributed by atoms with Gasteiger partial charge in [0.1, 0.15) is 11.5 Å². The lowest BCUT2D eigenvalue weighted by Gasteiger charge is -2.12. The summed E-state index contributed by atoms with van der Waals surface area (Å²) in [5.74, 6) is 0.328. The molecule has 0 aliphatic rings. The third-order valence-electron chi connectivity index (χ3n) is 3.90. The van der Waals surface area contributed by atoms with Crippen LogP contribution in [0.3, 0.4) is 0 Å². The number of rotatable bonds is 8.